The van der Waals surface area contributed by atoms with Crippen molar-refractivity contribution < 1.29 is 9.32 Å². The van der Waals surface area contributed by atoms with Crippen LogP contribution < -0.4 is 5.32 Å². The topological polar surface area (TPSA) is 68.0 Å². The zero-order chi connectivity index (χ0) is 9.84. The number of amides is 1. The van der Waals surface area contributed by atoms with Gasteiger partial charge in [0.15, 0.2) is 5.82 Å². The van der Waals surface area contributed by atoms with Gasteiger partial charge in [-0.05, 0) is 13.8 Å². The molecule has 1 aromatic heterocycles. The summed E-state index contributed by atoms with van der Waals surface area (Å²) in [5.41, 5.74) is 0. The standard InChI is InChI=1S/C8H13N3O2/c1-4-6-10-8(13-11-6)7(12)9-5(2)3/h5H,4H2,1-3H3,(H,9,12). The second-order valence-corrected chi connectivity index (χ2v) is 3.00. The molecule has 0 aliphatic rings. The van der Waals surface area contributed by atoms with Crippen LogP contribution >= 0.6 is 0 Å². The van der Waals surface area contributed by atoms with Gasteiger partial charge in [-0.15, -0.1) is 0 Å². The lowest BCUT2D eigenvalue weighted by atomic mass is 10.4. The predicted octanol–water partition coefficient (Wildman–Crippen LogP) is 0.770. The first-order valence-electron chi connectivity index (χ1n) is 4.27. The normalized spacial score (nSPS) is 10.5. The van der Waals surface area contributed by atoms with Crippen molar-refractivity contribution in [1.82, 2.24) is 15.5 Å². The van der Waals surface area contributed by atoms with Crippen molar-refractivity contribution in [2.45, 2.75) is 33.2 Å². The average molecular weight is 183 g/mol. The molecule has 1 heterocycles. The maximum Gasteiger partial charge on any atom is 0.315 e. The highest BCUT2D eigenvalue weighted by Gasteiger charge is 2.14. The zero-order valence-electron chi connectivity index (χ0n) is 8.00. The molecule has 0 unspecified atom stereocenters. The van der Waals surface area contributed by atoms with E-state index in [9.17, 15) is 4.79 Å². The second-order valence-electron chi connectivity index (χ2n) is 3.00. The minimum absolute atomic E-state index is 0.0329. The Balaban J connectivity index is 2.66. The number of hydrogen-bond acceptors (Lipinski definition) is 4. The Morgan fingerprint density at radius 1 is 1.62 bits per heavy atom. The maximum absolute atomic E-state index is 11.3. The molecular formula is C8H13N3O2. The fraction of sp³-hybridized carbons (Fsp3) is 0.625. The van der Waals surface area contributed by atoms with Crippen molar-refractivity contribution in [3.05, 3.63) is 11.7 Å². The number of hydrogen-bond donors (Lipinski definition) is 1. The Bertz CT molecular complexity index is 293. The lowest BCUT2D eigenvalue weighted by Gasteiger charge is -2.03. The molecule has 0 atom stereocenters. The third kappa shape index (κ3) is 2.54. The molecule has 0 saturated heterocycles. The van der Waals surface area contributed by atoms with Crippen LogP contribution in [0.15, 0.2) is 4.52 Å². The number of carbonyl (C=O) groups excluding carboxylic acids is 1. The molecular weight excluding hydrogens is 170 g/mol. The molecule has 1 aromatic rings. The molecule has 1 N–H and O–H groups in total. The molecule has 0 spiro atoms. The SMILES string of the molecule is CCc1noc(C(=O)NC(C)C)n1. The van der Waals surface area contributed by atoms with Crippen molar-refractivity contribution >= 4 is 5.91 Å². The third-order valence-corrected chi connectivity index (χ3v) is 1.40. The largest absolute Gasteiger partial charge is 0.346 e. The van der Waals surface area contributed by atoms with Crippen molar-refractivity contribution in [2.24, 2.45) is 0 Å². The van der Waals surface area contributed by atoms with Gasteiger partial charge >= 0.3 is 11.8 Å². The molecule has 0 aliphatic carbocycles. The summed E-state index contributed by atoms with van der Waals surface area (Å²) in [5.74, 6) is 0.265. The van der Waals surface area contributed by atoms with E-state index in [2.05, 4.69) is 15.5 Å². The number of carbonyl (C=O) groups is 1. The summed E-state index contributed by atoms with van der Waals surface area (Å²) >= 11 is 0. The van der Waals surface area contributed by atoms with Crippen LogP contribution in [0.4, 0.5) is 0 Å². The van der Waals surface area contributed by atoms with Gasteiger partial charge in [0.2, 0.25) is 0 Å². The Morgan fingerprint density at radius 2 is 2.31 bits per heavy atom. The van der Waals surface area contributed by atoms with E-state index in [1.54, 1.807) is 0 Å². The van der Waals surface area contributed by atoms with Crippen LogP contribution in [-0.4, -0.2) is 22.1 Å². The van der Waals surface area contributed by atoms with Crippen LogP contribution in [-0.2, 0) is 6.42 Å². The molecule has 5 nitrogen and oxygen atoms in total. The van der Waals surface area contributed by atoms with E-state index in [1.807, 2.05) is 20.8 Å². The fourth-order valence-corrected chi connectivity index (χ4v) is 0.814. The van der Waals surface area contributed by atoms with Gasteiger partial charge < -0.3 is 9.84 Å². The van der Waals surface area contributed by atoms with Gasteiger partial charge in [0.05, 0.1) is 0 Å². The van der Waals surface area contributed by atoms with Crippen LogP contribution in [0.3, 0.4) is 0 Å². The molecule has 5 heteroatoms. The van der Waals surface area contributed by atoms with Crippen LogP contribution in [0.2, 0.25) is 0 Å². The molecule has 13 heavy (non-hydrogen) atoms. The van der Waals surface area contributed by atoms with Crippen LogP contribution in [0.1, 0.15) is 37.3 Å². The first kappa shape index (κ1) is 9.70. The van der Waals surface area contributed by atoms with Gasteiger partial charge in [0, 0.05) is 12.5 Å². The van der Waals surface area contributed by atoms with E-state index in [-0.39, 0.29) is 17.8 Å². The Hall–Kier alpha value is -1.39. The van der Waals surface area contributed by atoms with Gasteiger partial charge in [-0.2, -0.15) is 4.98 Å². The van der Waals surface area contributed by atoms with Crippen molar-refractivity contribution in [2.75, 3.05) is 0 Å². The highest BCUT2D eigenvalue weighted by atomic mass is 16.5. The molecule has 0 bridgehead atoms. The van der Waals surface area contributed by atoms with E-state index < -0.39 is 0 Å². The van der Waals surface area contributed by atoms with Gasteiger partial charge in [-0.3, -0.25) is 4.79 Å². The van der Waals surface area contributed by atoms with Crippen LogP contribution in [0, 0.1) is 0 Å². The number of rotatable bonds is 3. The summed E-state index contributed by atoms with van der Waals surface area (Å²) in [6.07, 6.45) is 0.665. The molecule has 0 radical (unpaired) electrons. The summed E-state index contributed by atoms with van der Waals surface area (Å²) in [7, 11) is 0. The van der Waals surface area contributed by atoms with Crippen LogP contribution in [0.5, 0.6) is 0 Å². The number of aromatic nitrogens is 2. The molecule has 1 amide bonds. The average Bonchev–Trinajstić information content (AvgIpc) is 2.50. The van der Waals surface area contributed by atoms with Gasteiger partial charge in [-0.1, -0.05) is 12.1 Å². The molecule has 0 fully saturated rings. The minimum atomic E-state index is -0.317. The summed E-state index contributed by atoms with van der Waals surface area (Å²) in [6, 6.07) is 0.0736. The quantitative estimate of drug-likeness (QED) is 0.751. The van der Waals surface area contributed by atoms with Crippen molar-refractivity contribution in [1.29, 1.82) is 0 Å². The third-order valence-electron chi connectivity index (χ3n) is 1.40. The van der Waals surface area contributed by atoms with Crippen LogP contribution in [0.25, 0.3) is 0 Å². The summed E-state index contributed by atoms with van der Waals surface area (Å²) in [5, 5.41) is 6.28. The highest BCUT2D eigenvalue weighted by molar-refractivity contribution is 5.89. The van der Waals surface area contributed by atoms with E-state index in [0.29, 0.717) is 12.2 Å². The molecule has 0 saturated carbocycles. The smallest absolute Gasteiger partial charge is 0.315 e. The molecule has 0 aliphatic heterocycles. The van der Waals surface area contributed by atoms with E-state index in [4.69, 9.17) is 4.52 Å². The summed E-state index contributed by atoms with van der Waals surface area (Å²) in [6.45, 7) is 5.64. The Labute approximate surface area is 76.5 Å². The van der Waals surface area contributed by atoms with Gasteiger partial charge in [0.1, 0.15) is 0 Å². The molecule has 0 aromatic carbocycles. The Kier molecular flexibility index (Phi) is 3.00. The summed E-state index contributed by atoms with van der Waals surface area (Å²) in [4.78, 5) is 15.2. The van der Waals surface area contributed by atoms with E-state index in [0.717, 1.165) is 0 Å². The molecule has 1 rings (SSSR count). The second kappa shape index (κ2) is 4.02. The number of aryl methyl sites for hydroxylation is 1. The van der Waals surface area contributed by atoms with Crippen molar-refractivity contribution in [3.63, 3.8) is 0 Å². The predicted molar refractivity (Wildman–Crippen MR) is 46.3 cm³/mol. The highest BCUT2D eigenvalue weighted by Crippen LogP contribution is 1.97. The van der Waals surface area contributed by atoms with Crippen molar-refractivity contribution in [3.8, 4) is 0 Å². The first-order valence-corrected chi connectivity index (χ1v) is 4.27. The zero-order valence-corrected chi connectivity index (χ0v) is 8.00. The van der Waals surface area contributed by atoms with Gasteiger partial charge in [-0.25, -0.2) is 0 Å². The maximum atomic E-state index is 11.3. The minimum Gasteiger partial charge on any atom is -0.346 e. The molecule has 72 valence electrons. The number of nitrogens with zero attached hydrogens (tertiary/aromatic N) is 2. The number of nitrogens with one attached hydrogen (secondary N) is 1. The van der Waals surface area contributed by atoms with E-state index in [1.165, 1.54) is 0 Å². The lowest BCUT2D eigenvalue weighted by Crippen LogP contribution is -2.30. The lowest BCUT2D eigenvalue weighted by molar-refractivity contribution is 0.0899. The first-order chi connectivity index (χ1) is 6.13. The Morgan fingerprint density at radius 3 is 2.77 bits per heavy atom. The monoisotopic (exact) mass is 183 g/mol. The van der Waals surface area contributed by atoms with E-state index >= 15 is 0 Å². The van der Waals surface area contributed by atoms with Gasteiger partial charge in [0.25, 0.3) is 0 Å². The summed E-state index contributed by atoms with van der Waals surface area (Å²) < 4.78 is 4.75. The fourth-order valence-electron chi connectivity index (χ4n) is 0.814.